The number of fused-ring (bicyclic) bond motifs is 1. The number of hydrogen-bond donors (Lipinski definition) is 1. The molecule has 1 N–H and O–H groups in total. The number of nitrogens with zero attached hydrogens (tertiary/aromatic N) is 1. The Labute approximate surface area is 173 Å². The van der Waals surface area contributed by atoms with E-state index in [-0.39, 0.29) is 17.9 Å². The number of hydrogen-bond acceptors (Lipinski definition) is 2. The Morgan fingerprint density at radius 1 is 1.07 bits per heavy atom. The van der Waals surface area contributed by atoms with Gasteiger partial charge in [0.05, 0.1) is 0 Å². The van der Waals surface area contributed by atoms with Crippen LogP contribution in [0.15, 0.2) is 48.5 Å². The smallest absolute Gasteiger partial charge is 0.255 e. The van der Waals surface area contributed by atoms with Crippen LogP contribution in [0, 0.1) is 6.92 Å². The van der Waals surface area contributed by atoms with E-state index in [9.17, 15) is 9.59 Å². The van der Waals surface area contributed by atoms with Crippen LogP contribution in [0.3, 0.4) is 0 Å². The van der Waals surface area contributed by atoms with E-state index in [0.29, 0.717) is 18.5 Å². The lowest BCUT2D eigenvalue weighted by atomic mass is 9.82. The van der Waals surface area contributed by atoms with Crippen molar-refractivity contribution in [2.75, 3.05) is 0 Å². The molecule has 4 nitrogen and oxygen atoms in total. The van der Waals surface area contributed by atoms with Crippen molar-refractivity contribution in [3.05, 3.63) is 70.8 Å². The molecule has 2 amide bonds. The highest BCUT2D eigenvalue weighted by atomic mass is 16.2. The molecule has 1 saturated carbocycles. The van der Waals surface area contributed by atoms with Crippen LogP contribution >= 0.6 is 0 Å². The molecule has 2 aliphatic rings. The van der Waals surface area contributed by atoms with E-state index in [4.69, 9.17) is 0 Å². The summed E-state index contributed by atoms with van der Waals surface area (Å²) in [6.07, 6.45) is 6.18. The maximum Gasteiger partial charge on any atom is 0.255 e. The topological polar surface area (TPSA) is 49.4 Å². The number of nitrogens with one attached hydrogen (secondary N) is 1. The predicted molar refractivity (Wildman–Crippen MR) is 115 cm³/mol. The van der Waals surface area contributed by atoms with E-state index in [1.807, 2.05) is 50.2 Å². The van der Waals surface area contributed by atoms with Gasteiger partial charge in [-0.25, -0.2) is 0 Å². The molecule has 152 valence electrons. The number of carbonyl (C=O) groups is 2. The lowest BCUT2D eigenvalue weighted by Gasteiger charge is -2.45. The Bertz CT molecular complexity index is 899. The molecule has 0 saturated heterocycles. The molecule has 1 aliphatic heterocycles. The van der Waals surface area contributed by atoms with E-state index < -0.39 is 5.54 Å². The average molecular weight is 391 g/mol. The fraction of sp³-hybridized carbons (Fsp3) is 0.440. The third kappa shape index (κ3) is 3.93. The van der Waals surface area contributed by atoms with Crippen LogP contribution in [0.25, 0.3) is 0 Å². The molecule has 2 aromatic carbocycles. The van der Waals surface area contributed by atoms with Crippen molar-refractivity contribution in [2.24, 2.45) is 0 Å². The van der Waals surface area contributed by atoms with E-state index >= 15 is 0 Å². The minimum absolute atomic E-state index is 0.0284. The number of carbonyl (C=O) groups excluding carboxylic acids is 2. The maximum absolute atomic E-state index is 13.5. The molecule has 1 heterocycles. The molecule has 1 aliphatic carbocycles. The van der Waals surface area contributed by atoms with Gasteiger partial charge in [0.1, 0.15) is 5.54 Å². The normalized spacial score (nSPS) is 22.3. The van der Waals surface area contributed by atoms with Crippen molar-refractivity contribution in [3.8, 4) is 0 Å². The molecular weight excluding hydrogens is 360 g/mol. The van der Waals surface area contributed by atoms with Gasteiger partial charge in [0.15, 0.2) is 0 Å². The summed E-state index contributed by atoms with van der Waals surface area (Å²) < 4.78 is 0. The molecule has 2 aromatic rings. The first-order valence-electron chi connectivity index (χ1n) is 10.7. The first-order valence-corrected chi connectivity index (χ1v) is 10.7. The van der Waals surface area contributed by atoms with Gasteiger partial charge in [-0.2, -0.15) is 0 Å². The number of amides is 2. The summed E-state index contributed by atoms with van der Waals surface area (Å²) in [7, 11) is 0. The van der Waals surface area contributed by atoms with Gasteiger partial charge in [-0.1, -0.05) is 67.3 Å². The van der Waals surface area contributed by atoms with Crippen LogP contribution in [-0.4, -0.2) is 28.3 Å². The third-order valence-electron chi connectivity index (χ3n) is 6.51. The number of aryl methyl sites for hydroxylation is 1. The second kappa shape index (κ2) is 8.02. The molecule has 0 aromatic heterocycles. The summed E-state index contributed by atoms with van der Waals surface area (Å²) >= 11 is 0. The average Bonchev–Trinajstić information content (AvgIpc) is 2.73. The van der Waals surface area contributed by atoms with Crippen LogP contribution in [0.5, 0.6) is 0 Å². The van der Waals surface area contributed by atoms with Crippen molar-refractivity contribution in [1.82, 2.24) is 10.2 Å². The zero-order valence-corrected chi connectivity index (χ0v) is 17.4. The zero-order valence-electron chi connectivity index (χ0n) is 17.4. The highest BCUT2D eigenvalue weighted by molar-refractivity contribution is 6.02. The molecular formula is C25H30N2O2. The number of benzene rings is 2. The van der Waals surface area contributed by atoms with E-state index in [1.54, 1.807) is 4.90 Å². The lowest BCUT2D eigenvalue weighted by molar-refractivity contribution is -0.133. The van der Waals surface area contributed by atoms with Crippen LogP contribution in [0.1, 0.15) is 66.1 Å². The summed E-state index contributed by atoms with van der Waals surface area (Å²) in [4.78, 5) is 28.7. The van der Waals surface area contributed by atoms with Crippen LogP contribution < -0.4 is 5.32 Å². The predicted octanol–water partition coefficient (Wildman–Crippen LogP) is 4.40. The summed E-state index contributed by atoms with van der Waals surface area (Å²) in [5.74, 6) is -0.0897. The second-order valence-corrected chi connectivity index (χ2v) is 8.79. The molecule has 0 bridgehead atoms. The Morgan fingerprint density at radius 3 is 2.48 bits per heavy atom. The SMILES string of the molecule is Cc1ccc(CN2C(=O)c3ccccc3C[C@@]2(C)C(=O)NC2CCCCC2)cc1. The minimum atomic E-state index is -0.895. The summed E-state index contributed by atoms with van der Waals surface area (Å²) in [6, 6.07) is 16.1. The van der Waals surface area contributed by atoms with Crippen molar-refractivity contribution in [3.63, 3.8) is 0 Å². The third-order valence-corrected chi connectivity index (χ3v) is 6.51. The molecule has 4 heteroatoms. The Kier molecular flexibility index (Phi) is 5.44. The lowest BCUT2D eigenvalue weighted by Crippen LogP contribution is -2.63. The van der Waals surface area contributed by atoms with Crippen molar-refractivity contribution >= 4 is 11.8 Å². The highest BCUT2D eigenvalue weighted by Gasteiger charge is 2.47. The van der Waals surface area contributed by atoms with E-state index in [1.165, 1.54) is 12.0 Å². The standard InChI is InChI=1S/C25H30N2O2/c1-18-12-14-19(15-13-18)17-27-23(28)22-11-7-6-8-20(22)16-25(27,2)24(29)26-21-9-4-3-5-10-21/h6-8,11-15,21H,3-5,9-10,16-17H2,1-2H3,(H,26,29)/t25-/m0/s1. The van der Waals surface area contributed by atoms with Crippen molar-refractivity contribution in [1.29, 1.82) is 0 Å². The van der Waals surface area contributed by atoms with Crippen molar-refractivity contribution in [2.45, 2.75) is 70.5 Å². The quantitative estimate of drug-likeness (QED) is 0.841. The van der Waals surface area contributed by atoms with Crippen LogP contribution in [0.4, 0.5) is 0 Å². The molecule has 0 radical (unpaired) electrons. The van der Waals surface area contributed by atoms with Crippen LogP contribution in [-0.2, 0) is 17.8 Å². The molecule has 0 spiro atoms. The number of rotatable bonds is 4. The highest BCUT2D eigenvalue weighted by Crippen LogP contribution is 2.33. The van der Waals surface area contributed by atoms with Gasteiger partial charge < -0.3 is 10.2 Å². The first-order chi connectivity index (χ1) is 14.0. The molecule has 0 unspecified atom stereocenters. The van der Waals surface area contributed by atoms with Crippen molar-refractivity contribution < 1.29 is 9.59 Å². The molecule has 1 atom stereocenters. The fourth-order valence-electron chi connectivity index (χ4n) is 4.63. The van der Waals surface area contributed by atoms with Gasteiger partial charge in [0, 0.05) is 24.6 Å². The monoisotopic (exact) mass is 390 g/mol. The van der Waals surface area contributed by atoms with E-state index in [2.05, 4.69) is 17.4 Å². The second-order valence-electron chi connectivity index (χ2n) is 8.79. The van der Waals surface area contributed by atoms with E-state index in [0.717, 1.165) is 36.8 Å². The van der Waals surface area contributed by atoms with Gasteiger partial charge in [0.2, 0.25) is 5.91 Å². The molecule has 4 rings (SSSR count). The zero-order chi connectivity index (χ0) is 20.4. The fourth-order valence-corrected chi connectivity index (χ4v) is 4.63. The molecule has 29 heavy (non-hydrogen) atoms. The van der Waals surface area contributed by atoms with Gasteiger partial charge in [0.25, 0.3) is 5.91 Å². The summed E-state index contributed by atoms with van der Waals surface area (Å²) in [5, 5.41) is 3.27. The van der Waals surface area contributed by atoms with Gasteiger partial charge in [-0.3, -0.25) is 9.59 Å². The Hall–Kier alpha value is -2.62. The van der Waals surface area contributed by atoms with Crippen LogP contribution in [0.2, 0.25) is 0 Å². The first kappa shape index (κ1) is 19.7. The maximum atomic E-state index is 13.5. The summed E-state index contributed by atoms with van der Waals surface area (Å²) in [5.41, 5.74) is 3.00. The van der Waals surface area contributed by atoms with Gasteiger partial charge in [-0.05, 0) is 43.9 Å². The largest absolute Gasteiger partial charge is 0.351 e. The summed E-state index contributed by atoms with van der Waals surface area (Å²) in [6.45, 7) is 4.41. The Balaban J connectivity index is 1.66. The van der Waals surface area contributed by atoms with Gasteiger partial charge in [-0.15, -0.1) is 0 Å². The minimum Gasteiger partial charge on any atom is -0.351 e. The molecule has 1 fully saturated rings. The Morgan fingerprint density at radius 2 is 1.76 bits per heavy atom. The van der Waals surface area contributed by atoms with Gasteiger partial charge >= 0.3 is 0 Å².